The van der Waals surface area contributed by atoms with Gasteiger partial charge in [-0.2, -0.15) is 0 Å². The van der Waals surface area contributed by atoms with Crippen molar-refractivity contribution in [3.8, 4) is 0 Å². The van der Waals surface area contributed by atoms with Crippen molar-refractivity contribution in [3.63, 3.8) is 0 Å². The predicted octanol–water partition coefficient (Wildman–Crippen LogP) is 2.16. The van der Waals surface area contributed by atoms with Gasteiger partial charge in [-0.05, 0) is 18.2 Å². The second kappa shape index (κ2) is 2.88. The van der Waals surface area contributed by atoms with E-state index in [2.05, 4.69) is 20.9 Å². The van der Waals surface area contributed by atoms with Crippen LogP contribution in [0.25, 0.3) is 10.9 Å². The normalized spacial score (nSPS) is 10.5. The highest BCUT2D eigenvalue weighted by Gasteiger charge is 2.02. The summed E-state index contributed by atoms with van der Waals surface area (Å²) in [4.78, 5) is 4.16. The standard InChI is InChI=1S/C9H8BrN3/c10-5-1-2-8-6(3-5)9(12)7(11)4-13-8/h1-4H,11H2,(H2,12,13). The Morgan fingerprint density at radius 1 is 1.23 bits per heavy atom. The van der Waals surface area contributed by atoms with E-state index in [0.29, 0.717) is 11.4 Å². The largest absolute Gasteiger partial charge is 0.396 e. The number of hydrogen-bond acceptors (Lipinski definition) is 3. The molecule has 1 heterocycles. The van der Waals surface area contributed by atoms with Crippen LogP contribution >= 0.6 is 15.9 Å². The Morgan fingerprint density at radius 2 is 2.00 bits per heavy atom. The molecule has 66 valence electrons. The van der Waals surface area contributed by atoms with E-state index in [1.807, 2.05) is 18.2 Å². The van der Waals surface area contributed by atoms with Crippen LogP contribution in [0, 0.1) is 0 Å². The first-order valence-electron chi connectivity index (χ1n) is 3.77. The van der Waals surface area contributed by atoms with E-state index in [-0.39, 0.29) is 0 Å². The minimum absolute atomic E-state index is 0.519. The molecule has 4 heteroatoms. The van der Waals surface area contributed by atoms with Gasteiger partial charge in [0.15, 0.2) is 0 Å². The number of aromatic nitrogens is 1. The summed E-state index contributed by atoms with van der Waals surface area (Å²) in [7, 11) is 0. The van der Waals surface area contributed by atoms with Gasteiger partial charge < -0.3 is 11.5 Å². The SMILES string of the molecule is Nc1cnc2ccc(Br)cc2c1N. The fourth-order valence-electron chi connectivity index (χ4n) is 1.20. The van der Waals surface area contributed by atoms with Gasteiger partial charge in [-0.3, -0.25) is 4.98 Å². The van der Waals surface area contributed by atoms with E-state index in [4.69, 9.17) is 11.5 Å². The quantitative estimate of drug-likeness (QED) is 0.739. The third kappa shape index (κ3) is 1.33. The molecule has 0 aliphatic heterocycles. The lowest BCUT2D eigenvalue weighted by molar-refractivity contribution is 1.41. The van der Waals surface area contributed by atoms with Gasteiger partial charge in [0.2, 0.25) is 0 Å². The summed E-state index contributed by atoms with van der Waals surface area (Å²) in [5, 5.41) is 0.884. The molecule has 0 saturated carbocycles. The van der Waals surface area contributed by atoms with Gasteiger partial charge >= 0.3 is 0 Å². The molecule has 0 saturated heterocycles. The van der Waals surface area contributed by atoms with Crippen molar-refractivity contribution in [2.24, 2.45) is 0 Å². The van der Waals surface area contributed by atoms with Crippen LogP contribution in [-0.4, -0.2) is 4.98 Å². The molecule has 0 amide bonds. The van der Waals surface area contributed by atoms with Crippen LogP contribution in [0.15, 0.2) is 28.9 Å². The lowest BCUT2D eigenvalue weighted by atomic mass is 10.2. The average molecular weight is 238 g/mol. The Bertz CT molecular complexity index is 462. The van der Waals surface area contributed by atoms with Crippen molar-refractivity contribution in [2.75, 3.05) is 11.5 Å². The molecule has 3 nitrogen and oxygen atoms in total. The maximum atomic E-state index is 5.80. The Morgan fingerprint density at radius 3 is 2.77 bits per heavy atom. The van der Waals surface area contributed by atoms with Gasteiger partial charge in [0, 0.05) is 9.86 Å². The summed E-state index contributed by atoms with van der Waals surface area (Å²) < 4.78 is 0.971. The number of nitrogen functional groups attached to an aromatic ring is 2. The lowest BCUT2D eigenvalue weighted by Gasteiger charge is -2.04. The van der Waals surface area contributed by atoms with E-state index in [0.717, 1.165) is 15.4 Å². The second-order valence-corrected chi connectivity index (χ2v) is 3.70. The van der Waals surface area contributed by atoms with Crippen molar-refractivity contribution in [2.45, 2.75) is 0 Å². The smallest absolute Gasteiger partial charge is 0.0740 e. The van der Waals surface area contributed by atoms with Crippen molar-refractivity contribution >= 4 is 38.2 Å². The van der Waals surface area contributed by atoms with E-state index in [1.54, 1.807) is 6.20 Å². The molecule has 4 N–H and O–H groups in total. The van der Waals surface area contributed by atoms with E-state index < -0.39 is 0 Å². The summed E-state index contributed by atoms with van der Waals surface area (Å²) >= 11 is 3.37. The van der Waals surface area contributed by atoms with Gasteiger partial charge in [-0.1, -0.05) is 15.9 Å². The molecule has 0 unspecified atom stereocenters. The minimum Gasteiger partial charge on any atom is -0.396 e. The maximum absolute atomic E-state index is 5.80. The summed E-state index contributed by atoms with van der Waals surface area (Å²) in [6, 6.07) is 5.73. The Balaban J connectivity index is 2.89. The van der Waals surface area contributed by atoms with Crippen molar-refractivity contribution in [1.82, 2.24) is 4.98 Å². The number of benzene rings is 1. The first kappa shape index (κ1) is 8.31. The highest BCUT2D eigenvalue weighted by Crippen LogP contribution is 2.26. The number of rotatable bonds is 0. The summed E-state index contributed by atoms with van der Waals surface area (Å²) in [6.07, 6.45) is 1.57. The van der Waals surface area contributed by atoms with Crippen molar-refractivity contribution in [1.29, 1.82) is 0 Å². The first-order valence-corrected chi connectivity index (χ1v) is 4.57. The van der Waals surface area contributed by atoms with Gasteiger partial charge in [0.25, 0.3) is 0 Å². The van der Waals surface area contributed by atoms with E-state index in [1.165, 1.54) is 0 Å². The fourth-order valence-corrected chi connectivity index (χ4v) is 1.56. The summed E-state index contributed by atoms with van der Waals surface area (Å²) in [5.41, 5.74) is 13.4. The molecular formula is C9H8BrN3. The lowest BCUT2D eigenvalue weighted by Crippen LogP contribution is -1.96. The van der Waals surface area contributed by atoms with Crippen LogP contribution in [0.5, 0.6) is 0 Å². The molecule has 0 fully saturated rings. The fraction of sp³-hybridized carbons (Fsp3) is 0. The van der Waals surface area contributed by atoms with Gasteiger partial charge in [0.05, 0.1) is 23.1 Å². The van der Waals surface area contributed by atoms with Crippen molar-refractivity contribution in [3.05, 3.63) is 28.9 Å². The molecule has 1 aromatic heterocycles. The monoisotopic (exact) mass is 237 g/mol. The molecule has 2 aromatic rings. The summed E-state index contributed by atoms with van der Waals surface area (Å²) in [5.74, 6) is 0. The maximum Gasteiger partial charge on any atom is 0.0740 e. The van der Waals surface area contributed by atoms with Crippen LogP contribution in [0.3, 0.4) is 0 Å². The Hall–Kier alpha value is -1.29. The zero-order chi connectivity index (χ0) is 9.42. The number of anilines is 2. The third-order valence-corrected chi connectivity index (χ3v) is 2.40. The molecule has 0 atom stereocenters. The van der Waals surface area contributed by atoms with Crippen LogP contribution < -0.4 is 11.5 Å². The molecule has 0 aliphatic carbocycles. The van der Waals surface area contributed by atoms with E-state index >= 15 is 0 Å². The number of pyridine rings is 1. The van der Waals surface area contributed by atoms with Gasteiger partial charge in [-0.25, -0.2) is 0 Å². The highest BCUT2D eigenvalue weighted by molar-refractivity contribution is 9.10. The number of halogens is 1. The third-order valence-electron chi connectivity index (χ3n) is 1.90. The molecule has 0 bridgehead atoms. The van der Waals surface area contributed by atoms with Crippen LogP contribution in [0.2, 0.25) is 0 Å². The molecular weight excluding hydrogens is 230 g/mol. The van der Waals surface area contributed by atoms with E-state index in [9.17, 15) is 0 Å². The Kier molecular flexibility index (Phi) is 1.84. The number of fused-ring (bicyclic) bond motifs is 1. The molecule has 2 rings (SSSR count). The average Bonchev–Trinajstić information content (AvgIpc) is 2.12. The molecule has 0 aliphatic rings. The zero-order valence-electron chi connectivity index (χ0n) is 6.79. The predicted molar refractivity (Wildman–Crippen MR) is 58.3 cm³/mol. The van der Waals surface area contributed by atoms with Gasteiger partial charge in [-0.15, -0.1) is 0 Å². The van der Waals surface area contributed by atoms with Crippen LogP contribution in [0.4, 0.5) is 11.4 Å². The van der Waals surface area contributed by atoms with Crippen LogP contribution in [0.1, 0.15) is 0 Å². The molecule has 0 radical (unpaired) electrons. The number of nitrogens with zero attached hydrogens (tertiary/aromatic N) is 1. The molecule has 0 spiro atoms. The highest BCUT2D eigenvalue weighted by atomic mass is 79.9. The van der Waals surface area contributed by atoms with Crippen molar-refractivity contribution < 1.29 is 0 Å². The minimum atomic E-state index is 0.519. The van der Waals surface area contributed by atoms with Gasteiger partial charge in [0.1, 0.15) is 0 Å². The van der Waals surface area contributed by atoms with Crippen LogP contribution in [-0.2, 0) is 0 Å². The topological polar surface area (TPSA) is 64.9 Å². The Labute approximate surface area is 83.9 Å². The molecule has 13 heavy (non-hydrogen) atoms. The molecule has 1 aromatic carbocycles. The number of hydrogen-bond donors (Lipinski definition) is 2. The number of nitrogens with two attached hydrogens (primary N) is 2. The summed E-state index contributed by atoms with van der Waals surface area (Å²) in [6.45, 7) is 0. The first-order chi connectivity index (χ1) is 6.18. The zero-order valence-corrected chi connectivity index (χ0v) is 8.38. The second-order valence-electron chi connectivity index (χ2n) is 2.79.